The van der Waals surface area contributed by atoms with Gasteiger partial charge in [-0.1, -0.05) is 48.4 Å². The third kappa shape index (κ3) is 3.24. The molecule has 0 atom stereocenters. The van der Waals surface area contributed by atoms with Crippen molar-refractivity contribution in [1.29, 1.82) is 0 Å². The van der Waals surface area contributed by atoms with Gasteiger partial charge in [0.05, 0.1) is 11.2 Å². The molecular weight excluding hydrogens is 260 g/mol. The van der Waals surface area contributed by atoms with Crippen LogP contribution in [0.3, 0.4) is 0 Å². The van der Waals surface area contributed by atoms with Gasteiger partial charge in [0.25, 0.3) is 0 Å². The lowest BCUT2D eigenvalue weighted by Crippen LogP contribution is -2.13. The lowest BCUT2D eigenvalue weighted by Gasteiger charge is -2.06. The Hall–Kier alpha value is -1.61. The fourth-order valence-corrected chi connectivity index (χ4v) is 2.24. The molecule has 0 spiro atoms. The first-order valence-corrected chi connectivity index (χ1v) is 6.79. The van der Waals surface area contributed by atoms with Crippen LogP contribution >= 0.6 is 11.6 Å². The van der Waals surface area contributed by atoms with Crippen molar-refractivity contribution < 1.29 is 4.79 Å². The third-order valence-corrected chi connectivity index (χ3v) is 3.26. The molecule has 0 unspecified atom stereocenters. The Labute approximate surface area is 118 Å². The molecular formula is C15H17ClN2O. The van der Waals surface area contributed by atoms with E-state index in [0.29, 0.717) is 23.7 Å². The van der Waals surface area contributed by atoms with Gasteiger partial charge in [0.1, 0.15) is 5.69 Å². The van der Waals surface area contributed by atoms with E-state index in [0.717, 1.165) is 12.0 Å². The highest BCUT2D eigenvalue weighted by molar-refractivity contribution is 6.33. The summed E-state index contributed by atoms with van der Waals surface area (Å²) in [5.41, 5.74) is 2.70. The number of hydrogen-bond donors (Lipinski definition) is 0. The Balaban J connectivity index is 2.20. The lowest BCUT2D eigenvalue weighted by atomic mass is 10.1. The molecule has 0 saturated carbocycles. The summed E-state index contributed by atoms with van der Waals surface area (Å²) in [7, 11) is 0. The van der Waals surface area contributed by atoms with E-state index in [4.69, 9.17) is 11.6 Å². The highest BCUT2D eigenvalue weighted by Crippen LogP contribution is 2.18. The molecule has 100 valence electrons. The van der Waals surface area contributed by atoms with Crippen molar-refractivity contribution in [3.05, 3.63) is 52.3 Å². The van der Waals surface area contributed by atoms with E-state index in [9.17, 15) is 4.79 Å². The van der Waals surface area contributed by atoms with Gasteiger partial charge in [0.15, 0.2) is 5.78 Å². The van der Waals surface area contributed by atoms with Crippen LogP contribution < -0.4 is 0 Å². The second-order valence-corrected chi connectivity index (χ2v) is 5.06. The molecule has 0 aliphatic rings. The Morgan fingerprint density at radius 3 is 2.63 bits per heavy atom. The quantitative estimate of drug-likeness (QED) is 0.781. The molecule has 19 heavy (non-hydrogen) atoms. The van der Waals surface area contributed by atoms with Gasteiger partial charge in [0, 0.05) is 13.0 Å². The summed E-state index contributed by atoms with van der Waals surface area (Å²) in [6.45, 7) is 4.78. The molecule has 1 heterocycles. The second-order valence-electron chi connectivity index (χ2n) is 4.65. The molecule has 0 radical (unpaired) electrons. The highest BCUT2D eigenvalue weighted by atomic mass is 35.5. The second kappa shape index (κ2) is 6.02. The van der Waals surface area contributed by atoms with Gasteiger partial charge in [-0.3, -0.25) is 9.48 Å². The van der Waals surface area contributed by atoms with Crippen LogP contribution in [0.1, 0.15) is 35.0 Å². The first-order chi connectivity index (χ1) is 9.11. The SMILES string of the molecule is CCCn1ncc(Cl)c1C(=O)Cc1ccc(C)cc1. The number of nitrogens with zero attached hydrogens (tertiary/aromatic N) is 2. The van der Waals surface area contributed by atoms with Crippen molar-refractivity contribution in [2.75, 3.05) is 0 Å². The van der Waals surface area contributed by atoms with E-state index >= 15 is 0 Å². The van der Waals surface area contributed by atoms with E-state index in [1.54, 1.807) is 10.9 Å². The predicted octanol–water partition coefficient (Wildman–Crippen LogP) is 3.68. The molecule has 1 aromatic heterocycles. The minimum absolute atomic E-state index is 0.0137. The molecule has 0 bridgehead atoms. The van der Waals surface area contributed by atoms with E-state index in [2.05, 4.69) is 5.10 Å². The van der Waals surface area contributed by atoms with E-state index < -0.39 is 0 Å². The number of aryl methyl sites for hydroxylation is 2. The molecule has 0 saturated heterocycles. The van der Waals surface area contributed by atoms with Crippen LogP contribution in [-0.2, 0) is 13.0 Å². The van der Waals surface area contributed by atoms with Crippen LogP contribution in [0.2, 0.25) is 5.02 Å². The van der Waals surface area contributed by atoms with Gasteiger partial charge in [-0.05, 0) is 18.9 Å². The molecule has 1 aromatic carbocycles. The topological polar surface area (TPSA) is 34.9 Å². The number of carbonyl (C=O) groups excluding carboxylic acids is 1. The lowest BCUT2D eigenvalue weighted by molar-refractivity contribution is 0.0982. The highest BCUT2D eigenvalue weighted by Gasteiger charge is 2.17. The summed E-state index contributed by atoms with van der Waals surface area (Å²) in [6, 6.07) is 7.96. The van der Waals surface area contributed by atoms with Gasteiger partial charge in [-0.2, -0.15) is 5.10 Å². The van der Waals surface area contributed by atoms with Crippen LogP contribution in [0.15, 0.2) is 30.5 Å². The predicted molar refractivity (Wildman–Crippen MR) is 76.7 cm³/mol. The number of halogens is 1. The van der Waals surface area contributed by atoms with E-state index in [1.165, 1.54) is 5.56 Å². The Morgan fingerprint density at radius 1 is 1.32 bits per heavy atom. The minimum atomic E-state index is 0.0137. The zero-order valence-electron chi connectivity index (χ0n) is 11.2. The number of rotatable bonds is 5. The molecule has 2 rings (SSSR count). The average Bonchev–Trinajstić information content (AvgIpc) is 2.74. The van der Waals surface area contributed by atoms with Gasteiger partial charge < -0.3 is 0 Å². The fraction of sp³-hybridized carbons (Fsp3) is 0.333. The van der Waals surface area contributed by atoms with Crippen LogP contribution in [0.25, 0.3) is 0 Å². The molecule has 0 N–H and O–H groups in total. The molecule has 3 nitrogen and oxygen atoms in total. The zero-order chi connectivity index (χ0) is 13.8. The van der Waals surface area contributed by atoms with Crippen molar-refractivity contribution in [2.24, 2.45) is 0 Å². The van der Waals surface area contributed by atoms with Gasteiger partial charge in [0.2, 0.25) is 0 Å². The standard InChI is InChI=1S/C15H17ClN2O/c1-3-8-18-15(13(16)10-17-18)14(19)9-12-6-4-11(2)5-7-12/h4-7,10H,3,8-9H2,1-2H3. The zero-order valence-corrected chi connectivity index (χ0v) is 11.9. The van der Waals surface area contributed by atoms with Crippen molar-refractivity contribution in [2.45, 2.75) is 33.2 Å². The third-order valence-electron chi connectivity index (χ3n) is 2.98. The Morgan fingerprint density at radius 2 is 2.00 bits per heavy atom. The number of benzene rings is 1. The summed E-state index contributed by atoms with van der Waals surface area (Å²) in [5.74, 6) is 0.0137. The summed E-state index contributed by atoms with van der Waals surface area (Å²) >= 11 is 6.06. The van der Waals surface area contributed by atoms with Gasteiger partial charge in [-0.25, -0.2) is 0 Å². The summed E-state index contributed by atoms with van der Waals surface area (Å²) in [4.78, 5) is 12.3. The number of ketones is 1. The molecule has 0 fully saturated rings. The van der Waals surface area contributed by atoms with Crippen molar-refractivity contribution >= 4 is 17.4 Å². The minimum Gasteiger partial charge on any atom is -0.292 e. The van der Waals surface area contributed by atoms with Gasteiger partial charge >= 0.3 is 0 Å². The van der Waals surface area contributed by atoms with Crippen LogP contribution in [0.5, 0.6) is 0 Å². The normalized spacial score (nSPS) is 10.7. The van der Waals surface area contributed by atoms with Crippen LogP contribution in [-0.4, -0.2) is 15.6 Å². The monoisotopic (exact) mass is 276 g/mol. The maximum Gasteiger partial charge on any atom is 0.186 e. The fourth-order valence-electron chi connectivity index (χ4n) is 2.00. The molecule has 0 aliphatic heterocycles. The van der Waals surface area contributed by atoms with E-state index in [-0.39, 0.29) is 5.78 Å². The summed E-state index contributed by atoms with van der Waals surface area (Å²) < 4.78 is 1.69. The Kier molecular flexibility index (Phi) is 4.38. The summed E-state index contributed by atoms with van der Waals surface area (Å²) in [5, 5.41) is 4.58. The van der Waals surface area contributed by atoms with Gasteiger partial charge in [-0.15, -0.1) is 0 Å². The average molecular weight is 277 g/mol. The van der Waals surface area contributed by atoms with Crippen molar-refractivity contribution in [3.63, 3.8) is 0 Å². The number of aromatic nitrogens is 2. The Bertz CT molecular complexity index is 572. The molecule has 0 amide bonds. The summed E-state index contributed by atoms with van der Waals surface area (Å²) in [6.07, 6.45) is 2.82. The molecule has 0 aliphatic carbocycles. The maximum absolute atomic E-state index is 12.3. The molecule has 4 heteroatoms. The maximum atomic E-state index is 12.3. The number of Topliss-reactive ketones (excluding diaryl/α,β-unsaturated/α-hetero) is 1. The first kappa shape index (κ1) is 13.8. The largest absolute Gasteiger partial charge is 0.292 e. The van der Waals surface area contributed by atoms with Crippen LogP contribution in [0.4, 0.5) is 0 Å². The number of hydrogen-bond acceptors (Lipinski definition) is 2. The smallest absolute Gasteiger partial charge is 0.186 e. The van der Waals surface area contributed by atoms with Crippen molar-refractivity contribution in [3.8, 4) is 0 Å². The first-order valence-electron chi connectivity index (χ1n) is 6.42. The number of carbonyl (C=O) groups is 1. The van der Waals surface area contributed by atoms with Crippen molar-refractivity contribution in [1.82, 2.24) is 9.78 Å². The van der Waals surface area contributed by atoms with E-state index in [1.807, 2.05) is 38.1 Å². The molecule has 2 aromatic rings. The van der Waals surface area contributed by atoms with Crippen LogP contribution in [0, 0.1) is 6.92 Å².